The molecule has 0 aliphatic rings. The van der Waals surface area contributed by atoms with Crippen LogP contribution in [-0.2, 0) is 0 Å². The van der Waals surface area contributed by atoms with Crippen molar-refractivity contribution in [2.24, 2.45) is 0 Å². The minimum atomic E-state index is -0.708. The van der Waals surface area contributed by atoms with E-state index in [1.165, 1.54) is 26.4 Å². The number of rotatable bonds is 8. The highest BCUT2D eigenvalue weighted by Gasteiger charge is 2.18. The average Bonchev–Trinajstić information content (AvgIpc) is 3.56. The fraction of sp³-hybridized carbons (Fsp3) is 0.0526. The van der Waals surface area contributed by atoms with Gasteiger partial charge in [0.2, 0.25) is 0 Å². The highest BCUT2D eigenvalue weighted by atomic mass is 32.1. The summed E-state index contributed by atoms with van der Waals surface area (Å²) < 4.78 is 17.0. The summed E-state index contributed by atoms with van der Waals surface area (Å²) in [6, 6.07) is 32.1. The van der Waals surface area contributed by atoms with Crippen molar-refractivity contribution < 1.29 is 28.6 Å². The number of carbonyl (C=O) groups excluding carboxylic acids is 3. The number of methoxy groups -OCH3 is 2. The first-order valence-corrected chi connectivity index (χ1v) is 15.2. The number of carbonyl (C=O) groups is 3. The number of thiazole rings is 1. The van der Waals surface area contributed by atoms with E-state index in [0.717, 1.165) is 26.4 Å². The Bertz CT molecular complexity index is 2130. The highest BCUT2D eigenvalue weighted by molar-refractivity contribution is 7.21. The smallest absolute Gasteiger partial charge is 0.344 e. The van der Waals surface area contributed by atoms with Crippen molar-refractivity contribution in [3.63, 3.8) is 0 Å². The summed E-state index contributed by atoms with van der Waals surface area (Å²) in [5, 5.41) is 3.83. The minimum Gasteiger partial charge on any atom is -0.493 e. The molecule has 0 unspecified atom stereocenters. The maximum atomic E-state index is 12.9. The van der Waals surface area contributed by atoms with E-state index in [-0.39, 0.29) is 17.0 Å². The number of nitrogens with one attached hydrogen (secondary N) is 1. The number of para-hydroxylation sites is 1. The predicted octanol–water partition coefficient (Wildman–Crippen LogP) is 7.66. The maximum Gasteiger partial charge on any atom is 0.344 e. The molecule has 6 rings (SSSR count). The topological polar surface area (TPSA) is 104 Å². The zero-order valence-corrected chi connectivity index (χ0v) is 26.1. The van der Waals surface area contributed by atoms with Crippen LogP contribution < -0.4 is 19.5 Å². The standard InChI is InChI=1S/C38H26N2O6S/c1-44-33-21-28(23-41)31(22-34(33)45-2)38(43)46-30-19-11-25(12-20-30)8-7-24-9-17-29(18-10-24)39-36(42)26-13-15-27(16-14-26)37-40-32-5-3-4-6-35(32)47-37/h3-6,9-23H,1-2H3,(H,39,42). The summed E-state index contributed by atoms with van der Waals surface area (Å²) in [6.45, 7) is 0. The Morgan fingerprint density at radius 1 is 0.787 bits per heavy atom. The Hall–Kier alpha value is -6.24. The van der Waals surface area contributed by atoms with Crippen LogP contribution in [0, 0.1) is 11.8 Å². The number of aldehydes is 1. The molecule has 6 aromatic rings. The Labute approximate surface area is 274 Å². The summed E-state index contributed by atoms with van der Waals surface area (Å²) >= 11 is 1.62. The molecule has 0 bridgehead atoms. The number of esters is 1. The number of anilines is 1. The lowest BCUT2D eigenvalue weighted by atomic mass is 10.1. The molecule has 230 valence electrons. The van der Waals surface area contributed by atoms with E-state index >= 15 is 0 Å². The van der Waals surface area contributed by atoms with Crippen molar-refractivity contribution in [2.45, 2.75) is 0 Å². The molecule has 1 amide bonds. The van der Waals surface area contributed by atoms with E-state index in [1.807, 2.05) is 48.5 Å². The number of fused-ring (bicyclic) bond motifs is 1. The maximum absolute atomic E-state index is 12.9. The molecule has 1 N–H and O–H groups in total. The second-order valence-electron chi connectivity index (χ2n) is 10.2. The van der Waals surface area contributed by atoms with Crippen LogP contribution in [0.15, 0.2) is 109 Å². The van der Waals surface area contributed by atoms with E-state index in [0.29, 0.717) is 40.3 Å². The van der Waals surface area contributed by atoms with Gasteiger partial charge < -0.3 is 19.5 Å². The molecule has 1 aromatic heterocycles. The van der Waals surface area contributed by atoms with Crippen molar-refractivity contribution in [2.75, 3.05) is 19.5 Å². The van der Waals surface area contributed by atoms with Gasteiger partial charge in [0.25, 0.3) is 5.91 Å². The quantitative estimate of drug-likeness (QED) is 0.0790. The fourth-order valence-electron chi connectivity index (χ4n) is 4.68. The predicted molar refractivity (Wildman–Crippen MR) is 182 cm³/mol. The molecule has 0 saturated carbocycles. The number of amides is 1. The third-order valence-electron chi connectivity index (χ3n) is 7.15. The van der Waals surface area contributed by atoms with Gasteiger partial charge >= 0.3 is 5.97 Å². The summed E-state index contributed by atoms with van der Waals surface area (Å²) in [5.41, 5.74) is 4.75. The lowest BCUT2D eigenvalue weighted by Gasteiger charge is -2.11. The van der Waals surface area contributed by atoms with Crippen LogP contribution in [0.25, 0.3) is 20.8 Å². The van der Waals surface area contributed by atoms with Gasteiger partial charge in [0.05, 0.1) is 30.0 Å². The van der Waals surface area contributed by atoms with Crippen LogP contribution in [0.5, 0.6) is 17.2 Å². The molecule has 0 aliphatic heterocycles. The largest absolute Gasteiger partial charge is 0.493 e. The van der Waals surface area contributed by atoms with Crippen molar-refractivity contribution in [1.82, 2.24) is 4.98 Å². The van der Waals surface area contributed by atoms with E-state index < -0.39 is 5.97 Å². The van der Waals surface area contributed by atoms with Crippen LogP contribution >= 0.6 is 11.3 Å². The van der Waals surface area contributed by atoms with Gasteiger partial charge in [-0.25, -0.2) is 9.78 Å². The number of aromatic nitrogens is 1. The Morgan fingerprint density at radius 3 is 2.06 bits per heavy atom. The lowest BCUT2D eigenvalue weighted by molar-refractivity contribution is 0.0731. The lowest BCUT2D eigenvalue weighted by Crippen LogP contribution is -2.12. The molecule has 9 heteroatoms. The summed E-state index contributed by atoms with van der Waals surface area (Å²) in [7, 11) is 2.88. The summed E-state index contributed by atoms with van der Waals surface area (Å²) in [5.74, 6) is 6.16. The third kappa shape index (κ3) is 7.04. The number of hydrogen-bond donors (Lipinski definition) is 1. The highest BCUT2D eigenvalue weighted by Crippen LogP contribution is 2.31. The zero-order valence-electron chi connectivity index (χ0n) is 25.3. The van der Waals surface area contributed by atoms with Crippen molar-refractivity contribution in [1.29, 1.82) is 0 Å². The van der Waals surface area contributed by atoms with Crippen LogP contribution in [0.2, 0.25) is 0 Å². The number of hydrogen-bond acceptors (Lipinski definition) is 8. The first kappa shape index (κ1) is 30.8. The third-order valence-corrected chi connectivity index (χ3v) is 8.23. The van der Waals surface area contributed by atoms with E-state index in [4.69, 9.17) is 14.2 Å². The number of ether oxygens (including phenoxy) is 3. The molecule has 0 atom stereocenters. The summed E-state index contributed by atoms with van der Waals surface area (Å²) in [6.07, 6.45) is 0.558. The van der Waals surface area contributed by atoms with E-state index in [9.17, 15) is 14.4 Å². The van der Waals surface area contributed by atoms with Crippen LogP contribution in [0.4, 0.5) is 5.69 Å². The van der Waals surface area contributed by atoms with Gasteiger partial charge in [-0.2, -0.15) is 0 Å². The van der Waals surface area contributed by atoms with Gasteiger partial charge in [-0.3, -0.25) is 9.59 Å². The molecule has 5 aromatic carbocycles. The first-order valence-electron chi connectivity index (χ1n) is 14.4. The molecule has 0 spiro atoms. The number of nitrogens with zero attached hydrogens (tertiary/aromatic N) is 1. The fourth-order valence-corrected chi connectivity index (χ4v) is 5.65. The van der Waals surface area contributed by atoms with Gasteiger partial charge in [-0.05, 0) is 84.9 Å². The molecular weight excluding hydrogens is 612 g/mol. The number of benzene rings is 5. The molecule has 1 heterocycles. The van der Waals surface area contributed by atoms with Gasteiger partial charge in [0.15, 0.2) is 17.8 Å². The van der Waals surface area contributed by atoms with Gasteiger partial charge in [0, 0.05) is 33.5 Å². The zero-order chi connectivity index (χ0) is 32.8. The molecule has 47 heavy (non-hydrogen) atoms. The molecule has 8 nitrogen and oxygen atoms in total. The monoisotopic (exact) mass is 638 g/mol. The Balaban J connectivity index is 1.05. The normalized spacial score (nSPS) is 10.4. The SMILES string of the molecule is COc1cc(C=O)c(C(=O)Oc2ccc(C#Cc3ccc(NC(=O)c4ccc(-c5nc6ccccc6s5)cc4)cc3)cc2)cc1OC. The van der Waals surface area contributed by atoms with Crippen LogP contribution in [0.3, 0.4) is 0 Å². The molecule has 0 radical (unpaired) electrons. The van der Waals surface area contributed by atoms with E-state index in [2.05, 4.69) is 22.1 Å². The van der Waals surface area contributed by atoms with Crippen LogP contribution in [-0.4, -0.2) is 37.4 Å². The molecule has 0 saturated heterocycles. The molecular formula is C38H26N2O6S. The second kappa shape index (κ2) is 13.8. The van der Waals surface area contributed by atoms with Crippen molar-refractivity contribution >= 4 is 45.4 Å². The Kier molecular flexibility index (Phi) is 9.04. The molecule has 0 aliphatic carbocycles. The average molecular weight is 639 g/mol. The van der Waals surface area contributed by atoms with Gasteiger partial charge in [0.1, 0.15) is 10.8 Å². The Morgan fingerprint density at radius 2 is 1.43 bits per heavy atom. The van der Waals surface area contributed by atoms with Gasteiger partial charge in [-0.1, -0.05) is 36.1 Å². The van der Waals surface area contributed by atoms with Crippen molar-refractivity contribution in [3.05, 3.63) is 137 Å². The van der Waals surface area contributed by atoms with Gasteiger partial charge in [-0.15, -0.1) is 11.3 Å². The minimum absolute atomic E-state index is 0.0552. The summed E-state index contributed by atoms with van der Waals surface area (Å²) in [4.78, 5) is 41.9. The molecule has 0 fully saturated rings. The first-order chi connectivity index (χ1) is 22.9. The van der Waals surface area contributed by atoms with Crippen molar-refractivity contribution in [3.8, 4) is 39.7 Å². The second-order valence-corrected chi connectivity index (χ2v) is 11.2. The van der Waals surface area contributed by atoms with Crippen LogP contribution in [0.1, 0.15) is 42.2 Å². The van der Waals surface area contributed by atoms with E-state index in [1.54, 1.807) is 59.9 Å².